The average molecular weight is 278 g/mol. The molecule has 2 atom stereocenters. The predicted octanol–water partition coefficient (Wildman–Crippen LogP) is 1.83. The lowest BCUT2D eigenvalue weighted by Crippen LogP contribution is -2.55. The largest absolute Gasteiger partial charge is 0.305 e. The number of likely N-dealkylation sites (N-methyl/N-ethyl adjacent to an activating group) is 1. The van der Waals surface area contributed by atoms with Crippen LogP contribution < -0.4 is 5.32 Å². The monoisotopic (exact) mass is 278 g/mol. The first-order valence-corrected chi connectivity index (χ1v) is 8.16. The zero-order chi connectivity index (χ0) is 14.6. The maximum Gasteiger partial charge on any atom is 0.108 e. The Morgan fingerprint density at radius 2 is 2.00 bits per heavy atom. The highest BCUT2D eigenvalue weighted by Gasteiger charge is 2.39. The molecule has 20 heavy (non-hydrogen) atoms. The van der Waals surface area contributed by atoms with Gasteiger partial charge in [0.05, 0.1) is 6.07 Å². The molecule has 2 unspecified atom stereocenters. The molecule has 0 spiro atoms. The summed E-state index contributed by atoms with van der Waals surface area (Å²) in [7, 11) is 2.21. The highest BCUT2D eigenvalue weighted by Crippen LogP contribution is 2.31. The molecule has 0 bridgehead atoms. The van der Waals surface area contributed by atoms with Crippen molar-refractivity contribution in [2.75, 3.05) is 33.2 Å². The normalized spacial score (nSPS) is 33.9. The first-order chi connectivity index (χ1) is 9.54. The minimum absolute atomic E-state index is 0.296. The molecule has 114 valence electrons. The van der Waals surface area contributed by atoms with E-state index in [0.717, 1.165) is 25.9 Å². The van der Waals surface area contributed by atoms with E-state index in [0.29, 0.717) is 12.1 Å². The maximum atomic E-state index is 9.66. The standard InChI is InChI=1S/C16H30N4/c1-14(2)18-16(13-17)7-4-6-15(12-16)20-9-5-8-19(3)10-11-20/h14-15,18H,4-12H2,1-3H3. The second kappa shape index (κ2) is 6.89. The van der Waals surface area contributed by atoms with Crippen LogP contribution in [0.2, 0.25) is 0 Å². The van der Waals surface area contributed by atoms with Gasteiger partial charge in [-0.2, -0.15) is 5.26 Å². The Balaban J connectivity index is 2.00. The van der Waals surface area contributed by atoms with Crippen molar-refractivity contribution < 1.29 is 0 Å². The third-order valence-electron chi connectivity index (χ3n) is 4.77. The molecule has 2 fully saturated rings. The molecular weight excluding hydrogens is 248 g/mol. The quantitative estimate of drug-likeness (QED) is 0.855. The molecule has 4 nitrogen and oxygen atoms in total. The van der Waals surface area contributed by atoms with E-state index in [1.165, 1.54) is 32.4 Å². The van der Waals surface area contributed by atoms with E-state index in [1.54, 1.807) is 0 Å². The van der Waals surface area contributed by atoms with Crippen molar-refractivity contribution in [2.45, 2.75) is 63.6 Å². The Kier molecular flexibility index (Phi) is 5.42. The second-order valence-electron chi connectivity index (χ2n) is 6.94. The first kappa shape index (κ1) is 15.8. The van der Waals surface area contributed by atoms with Crippen molar-refractivity contribution in [3.05, 3.63) is 0 Å². The van der Waals surface area contributed by atoms with Crippen LogP contribution in [0, 0.1) is 11.3 Å². The molecule has 1 heterocycles. The molecule has 2 rings (SSSR count). The van der Waals surface area contributed by atoms with Gasteiger partial charge >= 0.3 is 0 Å². The lowest BCUT2D eigenvalue weighted by atomic mass is 9.79. The number of nitriles is 1. The van der Waals surface area contributed by atoms with Gasteiger partial charge in [-0.25, -0.2) is 0 Å². The van der Waals surface area contributed by atoms with Gasteiger partial charge in [-0.15, -0.1) is 0 Å². The summed E-state index contributed by atoms with van der Waals surface area (Å²) in [5, 5.41) is 13.2. The molecule has 1 aliphatic carbocycles. The molecule has 0 radical (unpaired) electrons. The lowest BCUT2D eigenvalue weighted by molar-refractivity contribution is 0.120. The Bertz CT molecular complexity index is 349. The lowest BCUT2D eigenvalue weighted by Gasteiger charge is -2.42. The highest BCUT2D eigenvalue weighted by molar-refractivity contribution is 5.11. The van der Waals surface area contributed by atoms with Gasteiger partial charge in [-0.1, -0.05) is 0 Å². The fourth-order valence-corrected chi connectivity index (χ4v) is 3.81. The summed E-state index contributed by atoms with van der Waals surface area (Å²) in [5.41, 5.74) is -0.296. The van der Waals surface area contributed by atoms with E-state index in [-0.39, 0.29) is 5.54 Å². The van der Waals surface area contributed by atoms with E-state index >= 15 is 0 Å². The van der Waals surface area contributed by atoms with Crippen molar-refractivity contribution in [2.24, 2.45) is 0 Å². The van der Waals surface area contributed by atoms with E-state index in [1.807, 2.05) is 0 Å². The fourth-order valence-electron chi connectivity index (χ4n) is 3.81. The molecule has 1 saturated carbocycles. The molecule has 1 saturated heterocycles. The number of hydrogen-bond acceptors (Lipinski definition) is 4. The zero-order valence-electron chi connectivity index (χ0n) is 13.4. The highest BCUT2D eigenvalue weighted by atomic mass is 15.2. The van der Waals surface area contributed by atoms with Crippen LogP contribution in [0.5, 0.6) is 0 Å². The van der Waals surface area contributed by atoms with Crippen molar-refractivity contribution in [3.8, 4) is 6.07 Å². The Labute approximate surface area is 124 Å². The average Bonchev–Trinajstić information content (AvgIpc) is 2.63. The Hall–Kier alpha value is -0.630. The predicted molar refractivity (Wildman–Crippen MR) is 82.6 cm³/mol. The minimum atomic E-state index is -0.296. The molecular formula is C16H30N4. The van der Waals surface area contributed by atoms with Crippen LogP contribution in [0.25, 0.3) is 0 Å². The van der Waals surface area contributed by atoms with Gasteiger partial charge in [0.1, 0.15) is 5.54 Å². The third kappa shape index (κ3) is 3.94. The summed E-state index contributed by atoms with van der Waals surface area (Å²) in [6.07, 6.45) is 5.68. The fraction of sp³-hybridized carbons (Fsp3) is 0.938. The van der Waals surface area contributed by atoms with Crippen LogP contribution in [0.4, 0.5) is 0 Å². The van der Waals surface area contributed by atoms with Gasteiger partial charge < -0.3 is 4.90 Å². The molecule has 1 N–H and O–H groups in total. The molecule has 0 aromatic rings. The van der Waals surface area contributed by atoms with Gasteiger partial charge in [0.15, 0.2) is 0 Å². The molecule has 0 amide bonds. The number of hydrogen-bond donors (Lipinski definition) is 1. The minimum Gasteiger partial charge on any atom is -0.305 e. The van der Waals surface area contributed by atoms with Crippen LogP contribution in [0.15, 0.2) is 0 Å². The van der Waals surface area contributed by atoms with Crippen LogP contribution in [-0.4, -0.2) is 60.6 Å². The molecule has 1 aliphatic heterocycles. The Morgan fingerprint density at radius 3 is 2.70 bits per heavy atom. The summed E-state index contributed by atoms with van der Waals surface area (Å²) in [4.78, 5) is 5.06. The van der Waals surface area contributed by atoms with Gasteiger partial charge in [0.2, 0.25) is 0 Å². The summed E-state index contributed by atoms with van der Waals surface area (Å²) >= 11 is 0. The van der Waals surface area contributed by atoms with E-state index in [4.69, 9.17) is 0 Å². The summed E-state index contributed by atoms with van der Waals surface area (Å²) < 4.78 is 0. The smallest absolute Gasteiger partial charge is 0.108 e. The van der Waals surface area contributed by atoms with Crippen molar-refractivity contribution in [1.82, 2.24) is 15.1 Å². The third-order valence-corrected chi connectivity index (χ3v) is 4.77. The topological polar surface area (TPSA) is 42.3 Å². The molecule has 0 aromatic carbocycles. The van der Waals surface area contributed by atoms with Gasteiger partial charge in [-0.05, 0) is 66.1 Å². The van der Waals surface area contributed by atoms with E-state index < -0.39 is 0 Å². The van der Waals surface area contributed by atoms with Crippen molar-refractivity contribution in [3.63, 3.8) is 0 Å². The summed E-state index contributed by atoms with van der Waals surface area (Å²) in [6, 6.07) is 3.56. The van der Waals surface area contributed by atoms with Crippen LogP contribution >= 0.6 is 0 Å². The summed E-state index contributed by atoms with van der Waals surface area (Å²) in [5.74, 6) is 0. The molecule has 2 aliphatic rings. The van der Waals surface area contributed by atoms with Crippen molar-refractivity contribution >= 4 is 0 Å². The number of nitrogens with zero attached hydrogens (tertiary/aromatic N) is 3. The Morgan fingerprint density at radius 1 is 1.20 bits per heavy atom. The van der Waals surface area contributed by atoms with Gasteiger partial charge in [0, 0.05) is 25.2 Å². The van der Waals surface area contributed by atoms with Crippen molar-refractivity contribution in [1.29, 1.82) is 5.26 Å². The number of rotatable bonds is 3. The first-order valence-electron chi connectivity index (χ1n) is 8.16. The molecule has 0 aromatic heterocycles. The van der Waals surface area contributed by atoms with Crippen LogP contribution in [-0.2, 0) is 0 Å². The van der Waals surface area contributed by atoms with Gasteiger partial charge in [-0.3, -0.25) is 10.2 Å². The SMILES string of the molecule is CC(C)NC1(C#N)CCCC(N2CCCN(C)CC2)C1. The summed E-state index contributed by atoms with van der Waals surface area (Å²) in [6.45, 7) is 9.00. The maximum absolute atomic E-state index is 9.66. The second-order valence-corrected chi connectivity index (χ2v) is 6.94. The van der Waals surface area contributed by atoms with Crippen LogP contribution in [0.1, 0.15) is 46.0 Å². The molecule has 4 heteroatoms. The van der Waals surface area contributed by atoms with E-state index in [2.05, 4.69) is 42.1 Å². The number of nitrogens with one attached hydrogen (secondary N) is 1. The van der Waals surface area contributed by atoms with Gasteiger partial charge in [0.25, 0.3) is 0 Å². The zero-order valence-corrected chi connectivity index (χ0v) is 13.4. The van der Waals surface area contributed by atoms with E-state index in [9.17, 15) is 5.26 Å². The van der Waals surface area contributed by atoms with Crippen LogP contribution in [0.3, 0.4) is 0 Å².